The van der Waals surface area contributed by atoms with Crippen molar-refractivity contribution in [1.29, 1.82) is 0 Å². The second kappa shape index (κ2) is 7.67. The molecular weight excluding hydrogens is 397 g/mol. The molecule has 0 atom stereocenters. The van der Waals surface area contributed by atoms with E-state index >= 15 is 0 Å². The number of nitrogens with zero attached hydrogens (tertiary/aromatic N) is 1. The highest BCUT2D eigenvalue weighted by atomic mass is 35.5. The van der Waals surface area contributed by atoms with Crippen molar-refractivity contribution in [1.82, 2.24) is 5.16 Å². The average Bonchev–Trinajstić information content (AvgIpc) is 3.45. The third kappa shape index (κ3) is 4.00. The maximum Gasteiger partial charge on any atom is 0.261 e. The van der Waals surface area contributed by atoms with Gasteiger partial charge in [-0.1, -0.05) is 28.9 Å². The lowest BCUT2D eigenvalue weighted by Gasteiger charge is -2.09. The summed E-state index contributed by atoms with van der Waals surface area (Å²) < 4.78 is 19.5. The molecule has 1 aliphatic rings. The second-order valence-corrected chi connectivity index (χ2v) is 7.26. The first-order valence-electron chi connectivity index (χ1n) is 9.07. The molecule has 0 bridgehead atoms. The molecule has 29 heavy (non-hydrogen) atoms. The molecule has 148 valence electrons. The quantitative estimate of drug-likeness (QED) is 0.613. The van der Waals surface area contributed by atoms with Gasteiger partial charge in [-0.2, -0.15) is 0 Å². The van der Waals surface area contributed by atoms with E-state index in [1.165, 1.54) is 18.2 Å². The highest BCUT2D eigenvalue weighted by Crippen LogP contribution is 2.34. The van der Waals surface area contributed by atoms with E-state index in [1.807, 2.05) is 0 Å². The van der Waals surface area contributed by atoms with Crippen LogP contribution in [-0.4, -0.2) is 17.0 Å². The van der Waals surface area contributed by atoms with E-state index < -0.39 is 11.7 Å². The lowest BCUT2D eigenvalue weighted by atomic mass is 10.0. The van der Waals surface area contributed by atoms with Crippen LogP contribution in [0.2, 0.25) is 5.02 Å². The summed E-state index contributed by atoms with van der Waals surface area (Å²) in [5.74, 6) is -0.857. The Kier molecular flexibility index (Phi) is 5.07. The van der Waals surface area contributed by atoms with Crippen LogP contribution < -0.4 is 10.6 Å². The number of carbonyl (C=O) groups is 2. The van der Waals surface area contributed by atoms with Gasteiger partial charge in [0.25, 0.3) is 5.91 Å². The van der Waals surface area contributed by atoms with Crippen LogP contribution in [-0.2, 0) is 4.79 Å². The van der Waals surface area contributed by atoms with Crippen LogP contribution >= 0.6 is 11.6 Å². The number of hydrogen-bond donors (Lipinski definition) is 2. The molecule has 2 aromatic carbocycles. The van der Waals surface area contributed by atoms with E-state index in [2.05, 4.69) is 15.8 Å². The van der Waals surface area contributed by atoms with Crippen molar-refractivity contribution in [3.63, 3.8) is 0 Å². The minimum Gasteiger partial charge on any atom is -0.360 e. The smallest absolute Gasteiger partial charge is 0.261 e. The minimum atomic E-state index is -0.607. The topological polar surface area (TPSA) is 84.2 Å². The Morgan fingerprint density at radius 3 is 2.52 bits per heavy atom. The summed E-state index contributed by atoms with van der Waals surface area (Å²) in [4.78, 5) is 24.8. The second-order valence-electron chi connectivity index (χ2n) is 6.86. The zero-order valence-corrected chi connectivity index (χ0v) is 16.2. The van der Waals surface area contributed by atoms with Crippen molar-refractivity contribution in [2.45, 2.75) is 19.8 Å². The van der Waals surface area contributed by atoms with E-state index in [9.17, 15) is 14.0 Å². The number of nitrogens with one attached hydrogen (secondary N) is 2. The van der Waals surface area contributed by atoms with Crippen molar-refractivity contribution in [3.8, 4) is 11.3 Å². The fraction of sp³-hybridized carbons (Fsp3) is 0.190. The summed E-state index contributed by atoms with van der Waals surface area (Å²) in [5, 5.41) is 9.52. The van der Waals surface area contributed by atoms with Gasteiger partial charge < -0.3 is 15.2 Å². The van der Waals surface area contributed by atoms with Crippen molar-refractivity contribution < 1.29 is 18.5 Å². The Balaban J connectivity index is 1.60. The third-order valence-corrected chi connectivity index (χ3v) is 4.94. The number of amides is 2. The van der Waals surface area contributed by atoms with Crippen LogP contribution in [0.5, 0.6) is 0 Å². The third-order valence-electron chi connectivity index (χ3n) is 4.63. The first-order chi connectivity index (χ1) is 13.9. The van der Waals surface area contributed by atoms with E-state index in [0.717, 1.165) is 12.8 Å². The van der Waals surface area contributed by atoms with Crippen molar-refractivity contribution in [2.75, 3.05) is 10.6 Å². The minimum absolute atomic E-state index is 0.00149. The predicted molar refractivity (Wildman–Crippen MR) is 107 cm³/mol. The van der Waals surface area contributed by atoms with Gasteiger partial charge in [-0.25, -0.2) is 4.39 Å². The van der Waals surface area contributed by atoms with Gasteiger partial charge in [0.1, 0.15) is 22.8 Å². The van der Waals surface area contributed by atoms with Gasteiger partial charge in [-0.15, -0.1) is 0 Å². The molecule has 0 saturated heterocycles. The Labute approximate surface area is 171 Å². The number of aryl methyl sites for hydroxylation is 1. The summed E-state index contributed by atoms with van der Waals surface area (Å²) in [6.45, 7) is 1.56. The summed E-state index contributed by atoms with van der Waals surface area (Å²) in [6.07, 6.45) is 1.80. The number of halogens is 2. The lowest BCUT2D eigenvalue weighted by molar-refractivity contribution is -0.117. The van der Waals surface area contributed by atoms with Gasteiger partial charge in [-0.3, -0.25) is 9.59 Å². The number of carbonyl (C=O) groups excluding carboxylic acids is 2. The van der Waals surface area contributed by atoms with Crippen LogP contribution in [0.1, 0.15) is 29.0 Å². The highest BCUT2D eigenvalue weighted by molar-refractivity contribution is 6.33. The SMILES string of the molecule is Cc1onc(-c2c(F)cccc2Cl)c1C(=O)Nc1cccc(NC(=O)C2CC2)c1. The average molecular weight is 414 g/mol. The molecule has 1 aliphatic carbocycles. The normalized spacial score (nSPS) is 13.2. The van der Waals surface area contributed by atoms with Gasteiger partial charge in [0.05, 0.1) is 10.6 Å². The molecule has 0 aliphatic heterocycles. The standard InChI is InChI=1S/C21H17ClFN3O3/c1-11-17(19(26-29-11)18-15(22)6-3-7-16(18)23)21(28)25-14-5-2-4-13(10-14)24-20(27)12-8-9-12/h2-7,10,12H,8-9H2,1H3,(H,24,27)(H,25,28). The van der Waals surface area contributed by atoms with Crippen LogP contribution in [0.25, 0.3) is 11.3 Å². The van der Waals surface area contributed by atoms with Gasteiger partial charge in [0.2, 0.25) is 5.91 Å². The summed E-state index contributed by atoms with van der Waals surface area (Å²) in [7, 11) is 0. The van der Waals surface area contributed by atoms with Gasteiger partial charge in [0.15, 0.2) is 0 Å². The maximum absolute atomic E-state index is 14.3. The molecule has 3 aromatic rings. The lowest BCUT2D eigenvalue weighted by Crippen LogP contribution is -2.15. The molecule has 1 aromatic heterocycles. The number of anilines is 2. The van der Waals surface area contributed by atoms with Crippen molar-refractivity contribution in [2.24, 2.45) is 5.92 Å². The summed E-state index contributed by atoms with van der Waals surface area (Å²) in [5.41, 5.74) is 1.17. The first kappa shape index (κ1) is 19.1. The molecule has 2 N–H and O–H groups in total. The monoisotopic (exact) mass is 413 g/mol. The zero-order valence-electron chi connectivity index (χ0n) is 15.5. The van der Waals surface area contributed by atoms with E-state index in [-0.39, 0.29) is 39.4 Å². The van der Waals surface area contributed by atoms with Crippen LogP contribution in [0.15, 0.2) is 47.0 Å². The van der Waals surface area contributed by atoms with E-state index in [4.69, 9.17) is 16.1 Å². The van der Waals surface area contributed by atoms with Crippen molar-refractivity contribution in [3.05, 3.63) is 64.6 Å². The number of benzene rings is 2. The van der Waals surface area contributed by atoms with Gasteiger partial charge >= 0.3 is 0 Å². The van der Waals surface area contributed by atoms with Crippen LogP contribution in [0.3, 0.4) is 0 Å². The molecule has 1 fully saturated rings. The van der Waals surface area contributed by atoms with E-state index in [0.29, 0.717) is 11.4 Å². The molecule has 6 nitrogen and oxygen atoms in total. The Hall–Kier alpha value is -3.19. The molecule has 8 heteroatoms. The first-order valence-corrected chi connectivity index (χ1v) is 9.45. The fourth-order valence-electron chi connectivity index (χ4n) is 2.99. The van der Waals surface area contributed by atoms with Crippen LogP contribution in [0.4, 0.5) is 15.8 Å². The largest absolute Gasteiger partial charge is 0.360 e. The maximum atomic E-state index is 14.3. The van der Waals surface area contributed by atoms with Gasteiger partial charge in [0, 0.05) is 17.3 Å². The Morgan fingerprint density at radius 1 is 1.14 bits per heavy atom. The zero-order chi connectivity index (χ0) is 20.5. The molecule has 1 heterocycles. The highest BCUT2D eigenvalue weighted by Gasteiger charge is 2.29. The van der Waals surface area contributed by atoms with Crippen LogP contribution in [0, 0.1) is 18.7 Å². The number of aromatic nitrogens is 1. The summed E-state index contributed by atoms with van der Waals surface area (Å²) >= 11 is 6.12. The molecule has 0 radical (unpaired) electrons. The molecule has 4 rings (SSSR count). The molecule has 2 amide bonds. The number of rotatable bonds is 5. The number of hydrogen-bond acceptors (Lipinski definition) is 4. The molecular formula is C21H17ClFN3O3. The van der Waals surface area contributed by atoms with Crippen molar-refractivity contribution >= 4 is 34.8 Å². The molecule has 0 unspecified atom stereocenters. The summed E-state index contributed by atoms with van der Waals surface area (Å²) in [6, 6.07) is 11.0. The molecule has 0 spiro atoms. The Morgan fingerprint density at radius 2 is 1.83 bits per heavy atom. The van der Waals surface area contributed by atoms with E-state index in [1.54, 1.807) is 31.2 Å². The van der Waals surface area contributed by atoms with Gasteiger partial charge in [-0.05, 0) is 50.1 Å². The Bertz CT molecular complexity index is 1090. The fourth-order valence-corrected chi connectivity index (χ4v) is 3.24. The predicted octanol–water partition coefficient (Wildman–Crippen LogP) is 5.04. The molecule has 1 saturated carbocycles.